The van der Waals surface area contributed by atoms with Crippen LogP contribution in [0.3, 0.4) is 0 Å². The lowest BCUT2D eigenvalue weighted by Crippen LogP contribution is -2.19. The van der Waals surface area contributed by atoms with Gasteiger partial charge in [-0.05, 0) is 35.7 Å². The van der Waals surface area contributed by atoms with Crippen molar-refractivity contribution in [3.63, 3.8) is 0 Å². The molecule has 0 saturated heterocycles. The monoisotopic (exact) mass is 346 g/mol. The highest BCUT2D eigenvalue weighted by Gasteiger charge is 2.22. The molecular weight excluding hydrogens is 326 g/mol. The number of methoxy groups -OCH3 is 1. The lowest BCUT2D eigenvalue weighted by molar-refractivity contribution is 0.102. The molecule has 0 unspecified atom stereocenters. The van der Waals surface area contributed by atoms with E-state index in [-0.39, 0.29) is 5.56 Å². The zero-order chi connectivity index (χ0) is 17.8. The summed E-state index contributed by atoms with van der Waals surface area (Å²) in [6.45, 7) is 3.16. The Morgan fingerprint density at radius 1 is 1.20 bits per heavy atom. The SMILES string of the molecule is COCCCN1Cc2cccc(NC(=O)c3cc(F)cc(F)c3)c2C1. The van der Waals surface area contributed by atoms with Crippen LogP contribution in [0.15, 0.2) is 36.4 Å². The molecule has 0 aromatic heterocycles. The van der Waals surface area contributed by atoms with Gasteiger partial charge in [-0.1, -0.05) is 12.1 Å². The Balaban J connectivity index is 1.73. The van der Waals surface area contributed by atoms with Crippen molar-refractivity contribution in [3.8, 4) is 0 Å². The van der Waals surface area contributed by atoms with E-state index in [1.54, 1.807) is 7.11 Å². The van der Waals surface area contributed by atoms with Gasteiger partial charge in [0.2, 0.25) is 0 Å². The van der Waals surface area contributed by atoms with E-state index in [2.05, 4.69) is 10.2 Å². The fourth-order valence-corrected chi connectivity index (χ4v) is 3.08. The molecule has 1 heterocycles. The fourth-order valence-electron chi connectivity index (χ4n) is 3.08. The van der Waals surface area contributed by atoms with Crippen LogP contribution in [0, 0.1) is 11.6 Å². The van der Waals surface area contributed by atoms with Crippen LogP contribution >= 0.6 is 0 Å². The summed E-state index contributed by atoms with van der Waals surface area (Å²) in [6, 6.07) is 8.51. The van der Waals surface area contributed by atoms with E-state index in [9.17, 15) is 13.6 Å². The van der Waals surface area contributed by atoms with Gasteiger partial charge in [0, 0.05) is 50.7 Å². The number of carbonyl (C=O) groups is 1. The van der Waals surface area contributed by atoms with Gasteiger partial charge in [-0.2, -0.15) is 0 Å². The molecule has 3 rings (SSSR count). The smallest absolute Gasteiger partial charge is 0.255 e. The Morgan fingerprint density at radius 3 is 2.68 bits per heavy atom. The fraction of sp³-hybridized carbons (Fsp3) is 0.316. The molecule has 1 aliphatic rings. The molecule has 6 heteroatoms. The third kappa shape index (κ3) is 4.21. The lowest BCUT2D eigenvalue weighted by Gasteiger charge is -2.14. The van der Waals surface area contributed by atoms with Crippen molar-refractivity contribution in [2.75, 3.05) is 25.6 Å². The first kappa shape index (κ1) is 17.5. The van der Waals surface area contributed by atoms with Crippen LogP contribution in [-0.4, -0.2) is 31.1 Å². The first-order chi connectivity index (χ1) is 12.1. The Hall–Kier alpha value is -2.31. The predicted octanol–water partition coefficient (Wildman–Crippen LogP) is 3.57. The standard InChI is InChI=1S/C19H20F2N2O2/c1-25-7-3-6-23-11-13-4-2-5-18(17(13)12-23)22-19(24)14-8-15(20)10-16(21)9-14/h2,4-5,8-10H,3,6-7,11-12H2,1H3,(H,22,24). The highest BCUT2D eigenvalue weighted by molar-refractivity contribution is 6.04. The van der Waals surface area contributed by atoms with Crippen molar-refractivity contribution in [1.29, 1.82) is 0 Å². The van der Waals surface area contributed by atoms with Crippen molar-refractivity contribution >= 4 is 11.6 Å². The van der Waals surface area contributed by atoms with Crippen LogP contribution in [0.1, 0.15) is 27.9 Å². The first-order valence-corrected chi connectivity index (χ1v) is 8.16. The molecule has 0 saturated carbocycles. The molecular formula is C19H20F2N2O2. The number of amides is 1. The van der Waals surface area contributed by atoms with Crippen molar-refractivity contribution in [2.24, 2.45) is 0 Å². The molecule has 1 N–H and O–H groups in total. The topological polar surface area (TPSA) is 41.6 Å². The Labute approximate surface area is 145 Å². The molecule has 0 atom stereocenters. The molecule has 1 amide bonds. The highest BCUT2D eigenvalue weighted by Crippen LogP contribution is 2.29. The van der Waals surface area contributed by atoms with Crippen LogP contribution in [0.2, 0.25) is 0 Å². The van der Waals surface area contributed by atoms with Gasteiger partial charge in [0.25, 0.3) is 5.91 Å². The number of hydrogen-bond donors (Lipinski definition) is 1. The summed E-state index contributed by atoms with van der Waals surface area (Å²) >= 11 is 0. The van der Waals surface area contributed by atoms with Gasteiger partial charge in [-0.15, -0.1) is 0 Å². The van der Waals surface area contributed by atoms with Crippen molar-refractivity contribution in [2.45, 2.75) is 19.5 Å². The number of hydrogen-bond acceptors (Lipinski definition) is 3. The largest absolute Gasteiger partial charge is 0.385 e. The molecule has 4 nitrogen and oxygen atoms in total. The second-order valence-electron chi connectivity index (χ2n) is 6.11. The van der Waals surface area contributed by atoms with Crippen LogP contribution in [0.4, 0.5) is 14.5 Å². The minimum atomic E-state index is -0.771. The second-order valence-corrected chi connectivity index (χ2v) is 6.11. The molecule has 0 bridgehead atoms. The number of benzene rings is 2. The molecule has 1 aliphatic heterocycles. The van der Waals surface area contributed by atoms with Gasteiger partial charge < -0.3 is 10.1 Å². The molecule has 2 aromatic rings. The molecule has 25 heavy (non-hydrogen) atoms. The normalized spacial score (nSPS) is 13.7. The number of rotatable bonds is 6. The van der Waals surface area contributed by atoms with Crippen molar-refractivity contribution < 1.29 is 18.3 Å². The summed E-state index contributed by atoms with van der Waals surface area (Å²) in [4.78, 5) is 14.6. The number of nitrogens with zero attached hydrogens (tertiary/aromatic N) is 1. The van der Waals surface area contributed by atoms with E-state index < -0.39 is 17.5 Å². The number of fused-ring (bicyclic) bond motifs is 1. The summed E-state index contributed by atoms with van der Waals surface area (Å²) in [5, 5.41) is 2.78. The third-order valence-corrected chi connectivity index (χ3v) is 4.24. The van der Waals surface area contributed by atoms with E-state index in [4.69, 9.17) is 4.74 Å². The predicted molar refractivity (Wildman–Crippen MR) is 91.4 cm³/mol. The quantitative estimate of drug-likeness (QED) is 0.813. The Kier molecular flexibility index (Phi) is 5.40. The maximum absolute atomic E-state index is 13.3. The molecule has 0 spiro atoms. The van der Waals surface area contributed by atoms with Crippen LogP contribution in [0.5, 0.6) is 0 Å². The number of anilines is 1. The second kappa shape index (κ2) is 7.72. The average Bonchev–Trinajstić information content (AvgIpc) is 2.98. The number of carbonyl (C=O) groups excluding carboxylic acids is 1. The minimum Gasteiger partial charge on any atom is -0.385 e. The van der Waals surface area contributed by atoms with Gasteiger partial charge in [0.05, 0.1) is 0 Å². The Morgan fingerprint density at radius 2 is 1.96 bits per heavy atom. The lowest BCUT2D eigenvalue weighted by atomic mass is 10.1. The third-order valence-electron chi connectivity index (χ3n) is 4.24. The van der Waals surface area contributed by atoms with Gasteiger partial charge in [0.1, 0.15) is 11.6 Å². The summed E-state index contributed by atoms with van der Waals surface area (Å²) in [6.07, 6.45) is 0.939. The van der Waals surface area contributed by atoms with Crippen molar-refractivity contribution in [1.82, 2.24) is 4.90 Å². The Bertz CT molecular complexity index is 760. The molecule has 132 valence electrons. The minimum absolute atomic E-state index is 0.0370. The van der Waals surface area contributed by atoms with Crippen LogP contribution in [0.25, 0.3) is 0 Å². The summed E-state index contributed by atoms with van der Waals surface area (Å²) < 4.78 is 31.7. The van der Waals surface area contributed by atoms with E-state index in [0.717, 1.165) is 55.4 Å². The molecule has 0 fully saturated rings. The summed E-state index contributed by atoms with van der Waals surface area (Å²) in [5.41, 5.74) is 2.84. The molecule has 0 radical (unpaired) electrons. The maximum atomic E-state index is 13.3. The van der Waals surface area contributed by atoms with Gasteiger partial charge in [0.15, 0.2) is 0 Å². The number of halogens is 2. The zero-order valence-corrected chi connectivity index (χ0v) is 14.0. The van der Waals surface area contributed by atoms with Gasteiger partial charge >= 0.3 is 0 Å². The van der Waals surface area contributed by atoms with E-state index in [0.29, 0.717) is 12.3 Å². The van der Waals surface area contributed by atoms with E-state index in [1.165, 1.54) is 0 Å². The number of nitrogens with one attached hydrogen (secondary N) is 1. The van der Waals surface area contributed by atoms with Crippen molar-refractivity contribution in [3.05, 3.63) is 64.7 Å². The average molecular weight is 346 g/mol. The van der Waals surface area contributed by atoms with E-state index >= 15 is 0 Å². The van der Waals surface area contributed by atoms with Crippen LogP contribution in [-0.2, 0) is 17.8 Å². The van der Waals surface area contributed by atoms with Gasteiger partial charge in [-0.3, -0.25) is 9.69 Å². The first-order valence-electron chi connectivity index (χ1n) is 8.16. The maximum Gasteiger partial charge on any atom is 0.255 e. The summed E-state index contributed by atoms with van der Waals surface area (Å²) in [5.74, 6) is -2.06. The van der Waals surface area contributed by atoms with E-state index in [1.807, 2.05) is 18.2 Å². The van der Waals surface area contributed by atoms with Gasteiger partial charge in [-0.25, -0.2) is 8.78 Å². The zero-order valence-electron chi connectivity index (χ0n) is 14.0. The molecule has 2 aromatic carbocycles. The van der Waals surface area contributed by atoms with Crippen LogP contribution < -0.4 is 5.32 Å². The molecule has 0 aliphatic carbocycles. The summed E-state index contributed by atoms with van der Waals surface area (Å²) in [7, 11) is 1.68. The highest BCUT2D eigenvalue weighted by atomic mass is 19.1. The number of ether oxygens (including phenoxy) is 1.